The van der Waals surface area contributed by atoms with Crippen LogP contribution < -0.4 is 5.32 Å². The molecule has 0 bridgehead atoms. The van der Waals surface area contributed by atoms with E-state index in [0.29, 0.717) is 18.0 Å². The molecule has 0 atom stereocenters. The Hall–Kier alpha value is -2.97. The van der Waals surface area contributed by atoms with Crippen LogP contribution in [0.1, 0.15) is 43.8 Å². The van der Waals surface area contributed by atoms with Gasteiger partial charge in [-0.3, -0.25) is 9.48 Å². The summed E-state index contributed by atoms with van der Waals surface area (Å²) in [6.07, 6.45) is 5.54. The number of hydrogen-bond donors (Lipinski definition) is 1. The third-order valence-corrected chi connectivity index (χ3v) is 4.95. The predicted molar refractivity (Wildman–Crippen MR) is 96.5 cm³/mol. The van der Waals surface area contributed by atoms with Gasteiger partial charge < -0.3 is 9.84 Å². The van der Waals surface area contributed by atoms with Gasteiger partial charge in [-0.2, -0.15) is 5.10 Å². The summed E-state index contributed by atoms with van der Waals surface area (Å²) in [5.41, 5.74) is 2.84. The SMILES string of the molecule is Cc1c(-c2cc(Cn3cc(C(C)(C)NC(=O)C4CC4)nn3)on2)cnn1C. The van der Waals surface area contributed by atoms with Gasteiger partial charge >= 0.3 is 0 Å². The lowest BCUT2D eigenvalue weighted by molar-refractivity contribution is -0.124. The van der Waals surface area contributed by atoms with Gasteiger partial charge in [0.25, 0.3) is 0 Å². The van der Waals surface area contributed by atoms with Crippen LogP contribution in [0.4, 0.5) is 0 Å². The summed E-state index contributed by atoms with van der Waals surface area (Å²) in [5, 5.41) is 19.8. The van der Waals surface area contributed by atoms with Crippen molar-refractivity contribution in [2.24, 2.45) is 13.0 Å². The van der Waals surface area contributed by atoms with Gasteiger partial charge in [0, 0.05) is 30.3 Å². The van der Waals surface area contributed by atoms with Crippen molar-refractivity contribution in [3.8, 4) is 11.3 Å². The maximum Gasteiger partial charge on any atom is 0.223 e. The zero-order valence-corrected chi connectivity index (χ0v) is 15.9. The molecule has 3 aromatic rings. The summed E-state index contributed by atoms with van der Waals surface area (Å²) in [7, 11) is 1.89. The van der Waals surface area contributed by atoms with Crippen LogP contribution in [0.5, 0.6) is 0 Å². The zero-order valence-electron chi connectivity index (χ0n) is 15.9. The quantitative estimate of drug-likeness (QED) is 0.710. The number of carbonyl (C=O) groups is 1. The van der Waals surface area contributed by atoms with Gasteiger partial charge in [0.1, 0.15) is 17.9 Å². The van der Waals surface area contributed by atoms with Gasteiger partial charge in [-0.15, -0.1) is 5.10 Å². The maximum atomic E-state index is 12.1. The molecule has 1 N–H and O–H groups in total. The van der Waals surface area contributed by atoms with E-state index in [1.807, 2.05) is 40.1 Å². The van der Waals surface area contributed by atoms with Crippen LogP contribution in [0.2, 0.25) is 0 Å². The Labute approximate surface area is 156 Å². The number of amides is 1. The van der Waals surface area contributed by atoms with E-state index in [4.69, 9.17) is 4.52 Å². The van der Waals surface area contributed by atoms with E-state index in [9.17, 15) is 4.79 Å². The topological polar surface area (TPSA) is 104 Å². The molecule has 4 rings (SSSR count). The molecule has 1 fully saturated rings. The molecule has 0 spiro atoms. The van der Waals surface area contributed by atoms with Crippen LogP contribution in [-0.4, -0.2) is 35.8 Å². The number of hydrogen-bond acceptors (Lipinski definition) is 6. The van der Waals surface area contributed by atoms with E-state index in [0.717, 1.165) is 29.8 Å². The lowest BCUT2D eigenvalue weighted by Crippen LogP contribution is -2.42. The van der Waals surface area contributed by atoms with E-state index in [2.05, 4.69) is 25.9 Å². The third kappa shape index (κ3) is 3.49. The summed E-state index contributed by atoms with van der Waals surface area (Å²) in [4.78, 5) is 12.1. The molecule has 1 amide bonds. The van der Waals surface area contributed by atoms with Crippen LogP contribution in [0.3, 0.4) is 0 Å². The molecule has 27 heavy (non-hydrogen) atoms. The highest BCUT2D eigenvalue weighted by molar-refractivity contribution is 5.81. The number of nitrogens with zero attached hydrogens (tertiary/aromatic N) is 6. The van der Waals surface area contributed by atoms with Crippen LogP contribution in [0.15, 0.2) is 23.0 Å². The first-order valence-corrected chi connectivity index (χ1v) is 9.00. The average Bonchev–Trinajstić information content (AvgIpc) is 3.04. The lowest BCUT2D eigenvalue weighted by atomic mass is 10.0. The normalized spacial score (nSPS) is 14.5. The van der Waals surface area contributed by atoms with Crippen molar-refractivity contribution in [2.45, 2.75) is 45.7 Å². The Balaban J connectivity index is 1.46. The van der Waals surface area contributed by atoms with Crippen LogP contribution >= 0.6 is 0 Å². The number of aryl methyl sites for hydroxylation is 1. The van der Waals surface area contributed by atoms with Crippen molar-refractivity contribution in [3.05, 3.63) is 35.6 Å². The first kappa shape index (κ1) is 17.4. The molecule has 9 heteroatoms. The molecule has 3 aromatic heterocycles. The lowest BCUT2D eigenvalue weighted by Gasteiger charge is -2.23. The fourth-order valence-corrected chi connectivity index (χ4v) is 2.91. The van der Waals surface area contributed by atoms with Crippen molar-refractivity contribution in [2.75, 3.05) is 0 Å². The minimum Gasteiger partial charge on any atom is -0.359 e. The third-order valence-electron chi connectivity index (χ3n) is 4.95. The van der Waals surface area contributed by atoms with Crippen LogP contribution in [0, 0.1) is 12.8 Å². The summed E-state index contributed by atoms with van der Waals surface area (Å²) in [6, 6.07) is 1.88. The highest BCUT2D eigenvalue weighted by Crippen LogP contribution is 2.30. The summed E-state index contributed by atoms with van der Waals surface area (Å²) in [6.45, 7) is 6.25. The molecular weight excluding hydrogens is 346 g/mol. The fourth-order valence-electron chi connectivity index (χ4n) is 2.91. The fraction of sp³-hybridized carbons (Fsp3) is 0.500. The van der Waals surface area contributed by atoms with Gasteiger partial charge in [0.05, 0.1) is 17.9 Å². The van der Waals surface area contributed by atoms with E-state index in [1.54, 1.807) is 15.6 Å². The number of nitrogens with one attached hydrogen (secondary N) is 1. The summed E-state index contributed by atoms with van der Waals surface area (Å²) < 4.78 is 8.92. The molecule has 0 aliphatic heterocycles. The Morgan fingerprint density at radius 2 is 2.19 bits per heavy atom. The zero-order chi connectivity index (χ0) is 19.2. The monoisotopic (exact) mass is 369 g/mol. The molecular formula is C18H23N7O2. The van der Waals surface area contributed by atoms with Gasteiger partial charge in [-0.25, -0.2) is 4.68 Å². The number of rotatable bonds is 6. The largest absolute Gasteiger partial charge is 0.359 e. The average molecular weight is 369 g/mol. The van der Waals surface area contributed by atoms with Crippen molar-refractivity contribution in [3.63, 3.8) is 0 Å². The summed E-state index contributed by atoms with van der Waals surface area (Å²) >= 11 is 0. The van der Waals surface area contributed by atoms with Crippen LogP contribution in [-0.2, 0) is 23.9 Å². The smallest absolute Gasteiger partial charge is 0.223 e. The van der Waals surface area contributed by atoms with Gasteiger partial charge in [-0.05, 0) is 33.6 Å². The first-order chi connectivity index (χ1) is 12.8. The van der Waals surface area contributed by atoms with Crippen LogP contribution in [0.25, 0.3) is 11.3 Å². The second-order valence-electron chi connectivity index (χ2n) is 7.64. The second kappa shape index (κ2) is 6.33. The van der Waals surface area contributed by atoms with Crippen molar-refractivity contribution in [1.82, 2.24) is 35.2 Å². The van der Waals surface area contributed by atoms with E-state index in [-0.39, 0.29) is 11.8 Å². The van der Waals surface area contributed by atoms with E-state index in [1.165, 1.54) is 0 Å². The Morgan fingerprint density at radius 1 is 1.41 bits per heavy atom. The van der Waals surface area contributed by atoms with Crippen molar-refractivity contribution >= 4 is 5.91 Å². The van der Waals surface area contributed by atoms with Gasteiger partial charge in [0.15, 0.2) is 5.76 Å². The van der Waals surface area contributed by atoms with Gasteiger partial charge in [0.2, 0.25) is 5.91 Å². The molecule has 3 heterocycles. The number of aromatic nitrogens is 6. The van der Waals surface area contributed by atoms with Crippen molar-refractivity contribution < 1.29 is 9.32 Å². The molecule has 142 valence electrons. The molecule has 0 radical (unpaired) electrons. The molecule has 1 aliphatic rings. The Morgan fingerprint density at radius 3 is 2.85 bits per heavy atom. The van der Waals surface area contributed by atoms with Gasteiger partial charge in [-0.1, -0.05) is 10.4 Å². The Bertz CT molecular complexity index is 978. The second-order valence-corrected chi connectivity index (χ2v) is 7.64. The minimum absolute atomic E-state index is 0.0845. The first-order valence-electron chi connectivity index (χ1n) is 9.00. The highest BCUT2D eigenvalue weighted by atomic mass is 16.5. The molecule has 9 nitrogen and oxygen atoms in total. The molecule has 0 saturated heterocycles. The molecule has 0 aromatic carbocycles. The van der Waals surface area contributed by atoms with E-state index >= 15 is 0 Å². The maximum absolute atomic E-state index is 12.1. The van der Waals surface area contributed by atoms with Crippen molar-refractivity contribution in [1.29, 1.82) is 0 Å². The summed E-state index contributed by atoms with van der Waals surface area (Å²) in [5.74, 6) is 0.911. The molecule has 1 saturated carbocycles. The molecule has 0 unspecified atom stereocenters. The number of carbonyl (C=O) groups excluding carboxylic acids is 1. The van der Waals surface area contributed by atoms with E-state index < -0.39 is 5.54 Å². The molecule has 1 aliphatic carbocycles. The highest BCUT2D eigenvalue weighted by Gasteiger charge is 2.35. The standard InChI is InChI=1S/C18H23N7O2/c1-11-14(8-19-24(11)4)15-7-13(27-22-15)9-25-10-16(21-23-25)18(2,3)20-17(26)12-5-6-12/h7-8,10,12H,5-6,9H2,1-4H3,(H,20,26). The predicted octanol–water partition coefficient (Wildman–Crippen LogP) is 1.78. The Kier molecular flexibility index (Phi) is 4.09. The minimum atomic E-state index is -0.572.